The number of hydrogen-bond donors (Lipinski definition) is 2. The predicted molar refractivity (Wildman–Crippen MR) is 86.6 cm³/mol. The average Bonchev–Trinajstić information content (AvgIpc) is 2.41. The van der Waals surface area contributed by atoms with Crippen molar-refractivity contribution in [2.45, 2.75) is 6.54 Å². The molecule has 19 heavy (non-hydrogen) atoms. The zero-order valence-electron chi connectivity index (χ0n) is 10.1. The molecule has 2 aromatic rings. The molecule has 0 aliphatic carbocycles. The molecular weight excluding hydrogens is 356 g/mol. The predicted octanol–water partition coefficient (Wildman–Crippen LogP) is 3.84. The molecule has 0 spiro atoms. The minimum Gasteiger partial charge on any atom is -0.326 e. The number of halogens is 2. The van der Waals surface area contributed by atoms with Gasteiger partial charge in [0.1, 0.15) is 5.82 Å². The van der Waals surface area contributed by atoms with Crippen LogP contribution in [0.25, 0.3) is 0 Å². The zero-order chi connectivity index (χ0) is 12.4. The fourth-order valence-corrected chi connectivity index (χ4v) is 1.87. The zero-order valence-corrected chi connectivity index (χ0v) is 12.4. The lowest BCUT2D eigenvalue weighted by molar-refractivity contribution is 0.632. The molecule has 0 radical (unpaired) electrons. The molecular formula is C14H13FIN3. The lowest BCUT2D eigenvalue weighted by atomic mass is 10.1. The van der Waals surface area contributed by atoms with E-state index >= 15 is 0 Å². The van der Waals surface area contributed by atoms with Crippen LogP contribution in [0, 0.1) is 5.82 Å². The topological polar surface area (TPSA) is 36.4 Å². The number of fused-ring (bicyclic) bond motifs is 1. The number of rotatable bonds is 1. The second kappa shape index (κ2) is 6.01. The summed E-state index contributed by atoms with van der Waals surface area (Å²) in [5, 5.41) is 6.10. The maximum absolute atomic E-state index is 13.5. The smallest absolute Gasteiger partial charge is 0.200 e. The SMILES string of the molecule is Fc1ccccc1NC1=NCc2ccccc2N1.I. The molecule has 0 atom stereocenters. The third kappa shape index (κ3) is 3.04. The van der Waals surface area contributed by atoms with E-state index in [-0.39, 0.29) is 29.8 Å². The van der Waals surface area contributed by atoms with Crippen LogP contribution in [0.2, 0.25) is 0 Å². The van der Waals surface area contributed by atoms with Gasteiger partial charge < -0.3 is 10.6 Å². The van der Waals surface area contributed by atoms with Crippen molar-refractivity contribution in [2.75, 3.05) is 10.6 Å². The summed E-state index contributed by atoms with van der Waals surface area (Å²) >= 11 is 0. The van der Waals surface area contributed by atoms with Crippen LogP contribution in [0.5, 0.6) is 0 Å². The normalized spacial score (nSPS) is 12.6. The average molecular weight is 369 g/mol. The van der Waals surface area contributed by atoms with Crippen LogP contribution in [-0.4, -0.2) is 5.96 Å². The van der Waals surface area contributed by atoms with Crippen LogP contribution in [-0.2, 0) is 6.54 Å². The second-order valence-electron chi connectivity index (χ2n) is 4.05. The Morgan fingerprint density at radius 3 is 2.63 bits per heavy atom. The Hall–Kier alpha value is -1.63. The summed E-state index contributed by atoms with van der Waals surface area (Å²) in [6.45, 7) is 0.597. The van der Waals surface area contributed by atoms with Gasteiger partial charge in [0.25, 0.3) is 0 Å². The van der Waals surface area contributed by atoms with E-state index in [4.69, 9.17) is 0 Å². The quantitative estimate of drug-likeness (QED) is 0.750. The van der Waals surface area contributed by atoms with Gasteiger partial charge in [0, 0.05) is 5.69 Å². The highest BCUT2D eigenvalue weighted by molar-refractivity contribution is 14.0. The third-order valence-corrected chi connectivity index (χ3v) is 2.80. The van der Waals surface area contributed by atoms with Crippen molar-refractivity contribution in [3.8, 4) is 0 Å². The van der Waals surface area contributed by atoms with Gasteiger partial charge in [-0.1, -0.05) is 30.3 Å². The molecule has 3 rings (SSSR count). The van der Waals surface area contributed by atoms with Gasteiger partial charge in [-0.2, -0.15) is 0 Å². The van der Waals surface area contributed by atoms with Gasteiger partial charge in [-0.15, -0.1) is 24.0 Å². The molecule has 0 saturated heterocycles. The Labute approximate surface area is 128 Å². The summed E-state index contributed by atoms with van der Waals surface area (Å²) < 4.78 is 13.5. The molecule has 0 amide bonds. The van der Waals surface area contributed by atoms with Crippen molar-refractivity contribution in [3.63, 3.8) is 0 Å². The van der Waals surface area contributed by atoms with Crippen molar-refractivity contribution in [2.24, 2.45) is 4.99 Å². The van der Waals surface area contributed by atoms with Crippen LogP contribution in [0.4, 0.5) is 15.8 Å². The number of benzene rings is 2. The number of anilines is 2. The van der Waals surface area contributed by atoms with Crippen LogP contribution in [0.15, 0.2) is 53.5 Å². The number of nitrogens with zero attached hydrogens (tertiary/aromatic N) is 1. The van der Waals surface area contributed by atoms with E-state index in [0.717, 1.165) is 11.3 Å². The Kier molecular flexibility index (Phi) is 4.36. The van der Waals surface area contributed by atoms with Gasteiger partial charge in [-0.3, -0.25) is 0 Å². The number of hydrogen-bond acceptors (Lipinski definition) is 3. The Balaban J connectivity index is 0.00000133. The lowest BCUT2D eigenvalue weighted by Crippen LogP contribution is -2.26. The molecule has 3 nitrogen and oxygen atoms in total. The summed E-state index contributed by atoms with van der Waals surface area (Å²) in [5.74, 6) is 0.277. The molecule has 0 aromatic heterocycles. The molecule has 1 aliphatic rings. The highest BCUT2D eigenvalue weighted by atomic mass is 127. The van der Waals surface area contributed by atoms with Gasteiger partial charge in [0.2, 0.25) is 5.96 Å². The lowest BCUT2D eigenvalue weighted by Gasteiger charge is -2.19. The highest BCUT2D eigenvalue weighted by Crippen LogP contribution is 2.21. The van der Waals surface area contributed by atoms with Gasteiger partial charge in [0.15, 0.2) is 0 Å². The fraction of sp³-hybridized carbons (Fsp3) is 0.0714. The molecule has 1 aliphatic heterocycles. The van der Waals surface area contributed by atoms with Crippen molar-refractivity contribution < 1.29 is 4.39 Å². The van der Waals surface area contributed by atoms with Crippen LogP contribution >= 0.6 is 24.0 Å². The number of guanidine groups is 1. The molecule has 0 bridgehead atoms. The minimum absolute atomic E-state index is 0. The summed E-state index contributed by atoms with van der Waals surface area (Å²) in [7, 11) is 0. The molecule has 0 unspecified atom stereocenters. The first-order valence-electron chi connectivity index (χ1n) is 5.74. The number of para-hydroxylation sites is 2. The van der Waals surface area contributed by atoms with Crippen molar-refractivity contribution >= 4 is 41.3 Å². The van der Waals surface area contributed by atoms with E-state index in [1.807, 2.05) is 24.3 Å². The highest BCUT2D eigenvalue weighted by Gasteiger charge is 2.11. The van der Waals surface area contributed by atoms with E-state index in [1.165, 1.54) is 6.07 Å². The van der Waals surface area contributed by atoms with Crippen LogP contribution < -0.4 is 10.6 Å². The first kappa shape index (κ1) is 13.8. The molecule has 5 heteroatoms. The second-order valence-corrected chi connectivity index (χ2v) is 4.05. The molecule has 98 valence electrons. The summed E-state index contributed by atoms with van der Waals surface area (Å²) in [5.41, 5.74) is 2.56. The van der Waals surface area contributed by atoms with E-state index < -0.39 is 0 Å². The Bertz CT molecular complexity index is 613. The number of aliphatic imine (C=N–C) groups is 1. The van der Waals surface area contributed by atoms with Crippen molar-refractivity contribution in [1.29, 1.82) is 0 Å². The molecule has 0 saturated carbocycles. The molecule has 0 fully saturated rings. The van der Waals surface area contributed by atoms with Gasteiger partial charge in [-0.05, 0) is 23.8 Å². The van der Waals surface area contributed by atoms with E-state index in [0.29, 0.717) is 18.2 Å². The maximum atomic E-state index is 13.5. The Morgan fingerprint density at radius 2 is 1.79 bits per heavy atom. The third-order valence-electron chi connectivity index (χ3n) is 2.80. The first-order chi connectivity index (χ1) is 8.83. The number of nitrogens with one attached hydrogen (secondary N) is 2. The monoisotopic (exact) mass is 369 g/mol. The van der Waals surface area contributed by atoms with Crippen LogP contribution in [0.3, 0.4) is 0 Å². The van der Waals surface area contributed by atoms with Crippen molar-refractivity contribution in [3.05, 3.63) is 59.9 Å². The summed E-state index contributed by atoms with van der Waals surface area (Å²) in [6.07, 6.45) is 0. The van der Waals surface area contributed by atoms with Crippen LogP contribution in [0.1, 0.15) is 5.56 Å². The van der Waals surface area contributed by atoms with Gasteiger partial charge in [-0.25, -0.2) is 9.38 Å². The summed E-state index contributed by atoms with van der Waals surface area (Å²) in [4.78, 5) is 4.33. The van der Waals surface area contributed by atoms with Gasteiger partial charge >= 0.3 is 0 Å². The first-order valence-corrected chi connectivity index (χ1v) is 5.74. The Morgan fingerprint density at radius 1 is 1.05 bits per heavy atom. The van der Waals surface area contributed by atoms with Crippen molar-refractivity contribution in [1.82, 2.24) is 0 Å². The van der Waals surface area contributed by atoms with E-state index in [9.17, 15) is 4.39 Å². The van der Waals surface area contributed by atoms with E-state index in [2.05, 4.69) is 15.6 Å². The van der Waals surface area contributed by atoms with Gasteiger partial charge in [0.05, 0.1) is 12.2 Å². The largest absolute Gasteiger partial charge is 0.326 e. The molecule has 1 heterocycles. The maximum Gasteiger partial charge on any atom is 0.200 e. The molecule has 2 N–H and O–H groups in total. The standard InChI is InChI=1S/C14H12FN3.HI/c15-11-6-2-4-8-13(11)18-14-16-9-10-5-1-3-7-12(10)17-14;/h1-8H,9H2,(H2,16,17,18);1H. The minimum atomic E-state index is -0.291. The molecule has 2 aromatic carbocycles. The summed E-state index contributed by atoms with van der Waals surface area (Å²) in [6, 6.07) is 14.5. The fourth-order valence-electron chi connectivity index (χ4n) is 1.87. The van der Waals surface area contributed by atoms with E-state index in [1.54, 1.807) is 18.2 Å².